The summed E-state index contributed by atoms with van der Waals surface area (Å²) < 4.78 is 0.995. The third kappa shape index (κ3) is 5.16. The maximum Gasteiger partial charge on any atom is 0.187 e. The van der Waals surface area contributed by atoms with Gasteiger partial charge in [0, 0.05) is 17.3 Å². The van der Waals surface area contributed by atoms with Gasteiger partial charge >= 0.3 is 0 Å². The Morgan fingerprint density at radius 1 is 1.00 bits per heavy atom. The Morgan fingerprint density at radius 2 is 1.71 bits per heavy atom. The van der Waals surface area contributed by atoms with Gasteiger partial charge in [-0.1, -0.05) is 78.7 Å². The fourth-order valence-electron chi connectivity index (χ4n) is 3.29. The molecule has 2 heterocycles. The molecule has 0 fully saturated rings. The van der Waals surface area contributed by atoms with Gasteiger partial charge in [0.2, 0.25) is 0 Å². The van der Waals surface area contributed by atoms with Crippen molar-refractivity contribution in [2.75, 3.05) is 6.26 Å². The number of imidazole rings is 1. The summed E-state index contributed by atoms with van der Waals surface area (Å²) in [5.41, 5.74) is 6.98. The molecule has 9 heteroatoms. The van der Waals surface area contributed by atoms with Crippen LogP contribution in [0.15, 0.2) is 59.9 Å². The van der Waals surface area contributed by atoms with E-state index >= 15 is 0 Å². The number of nitrogens with zero attached hydrogens (tertiary/aromatic N) is 4. The van der Waals surface area contributed by atoms with E-state index in [4.69, 9.17) is 28.2 Å². The first-order valence-corrected chi connectivity index (χ1v) is 15.9. The second-order valence-corrected chi connectivity index (χ2v) is 14.9. The maximum atomic E-state index is 11.3. The zero-order valence-electron chi connectivity index (χ0n) is 19.1. The SMILES string of the molecule is CSc1nccc(-c2c(-c3cccc(C#C[Si](C)(C)C)c3)nc(-c3c(Cl)cccc3Cl)n2O)n1. The van der Waals surface area contributed by atoms with Crippen LogP contribution in [-0.2, 0) is 0 Å². The van der Waals surface area contributed by atoms with Gasteiger partial charge in [-0.2, -0.15) is 4.73 Å². The van der Waals surface area contributed by atoms with Crippen molar-refractivity contribution in [3.8, 4) is 45.5 Å². The summed E-state index contributed by atoms with van der Waals surface area (Å²) in [6, 6.07) is 14.7. The number of halogens is 2. The minimum atomic E-state index is -1.54. The molecule has 2 aromatic carbocycles. The van der Waals surface area contributed by atoms with Crippen molar-refractivity contribution >= 4 is 43.0 Å². The van der Waals surface area contributed by atoms with Crippen LogP contribution < -0.4 is 0 Å². The summed E-state index contributed by atoms with van der Waals surface area (Å²) >= 11 is 14.3. The topological polar surface area (TPSA) is 63.8 Å². The molecule has 0 aliphatic carbocycles. The quantitative estimate of drug-likeness (QED) is 0.101. The van der Waals surface area contributed by atoms with Crippen molar-refractivity contribution in [3.05, 3.63) is 70.3 Å². The monoisotopic (exact) mass is 524 g/mol. The lowest BCUT2D eigenvalue weighted by molar-refractivity contribution is 0.195. The van der Waals surface area contributed by atoms with Crippen LogP contribution in [0.1, 0.15) is 5.56 Å². The van der Waals surface area contributed by atoms with E-state index in [1.54, 1.807) is 30.5 Å². The highest BCUT2D eigenvalue weighted by Crippen LogP contribution is 2.39. The van der Waals surface area contributed by atoms with E-state index in [0.29, 0.717) is 37.8 Å². The fourth-order valence-corrected chi connectivity index (χ4v) is 4.73. The molecule has 4 aromatic rings. The molecule has 0 saturated carbocycles. The lowest BCUT2D eigenvalue weighted by Gasteiger charge is -2.08. The van der Waals surface area contributed by atoms with Crippen LogP contribution in [0.5, 0.6) is 0 Å². The Hall–Kier alpha value is -2.76. The Morgan fingerprint density at radius 3 is 2.38 bits per heavy atom. The minimum Gasteiger partial charge on any atom is -0.426 e. The van der Waals surface area contributed by atoms with E-state index in [0.717, 1.165) is 15.9 Å². The van der Waals surface area contributed by atoms with Gasteiger partial charge < -0.3 is 5.21 Å². The van der Waals surface area contributed by atoms with E-state index in [2.05, 4.69) is 41.1 Å². The van der Waals surface area contributed by atoms with E-state index in [-0.39, 0.29) is 5.82 Å². The first-order chi connectivity index (χ1) is 16.2. The predicted molar refractivity (Wildman–Crippen MR) is 143 cm³/mol. The Bertz CT molecular complexity index is 1420. The van der Waals surface area contributed by atoms with Crippen LogP contribution in [0.4, 0.5) is 0 Å². The smallest absolute Gasteiger partial charge is 0.187 e. The zero-order valence-corrected chi connectivity index (χ0v) is 22.4. The second kappa shape index (κ2) is 9.85. The van der Waals surface area contributed by atoms with Crippen molar-refractivity contribution in [2.24, 2.45) is 0 Å². The number of thioether (sulfide) groups is 1. The molecule has 0 aliphatic rings. The standard InChI is InChI=1S/C25H22Cl2N4OSSi/c1-33-25-28-13-11-20(29-25)23-22(17-8-5-7-16(15-17)12-14-34(2,3)4)30-24(31(23)32)21-18(26)9-6-10-19(21)27/h5-11,13,15,32H,1-4H3. The number of aromatic nitrogens is 4. The van der Waals surface area contributed by atoms with Crippen molar-refractivity contribution in [1.29, 1.82) is 0 Å². The van der Waals surface area contributed by atoms with Crippen LogP contribution in [0.3, 0.4) is 0 Å². The average molecular weight is 526 g/mol. The lowest BCUT2D eigenvalue weighted by atomic mass is 10.1. The molecule has 172 valence electrons. The highest BCUT2D eigenvalue weighted by Gasteiger charge is 2.25. The number of rotatable bonds is 4. The third-order valence-corrected chi connectivity index (χ3v) is 6.88. The summed E-state index contributed by atoms with van der Waals surface area (Å²) in [6.45, 7) is 6.61. The molecule has 0 bridgehead atoms. The Balaban J connectivity index is 1.98. The number of hydrogen-bond acceptors (Lipinski definition) is 5. The van der Waals surface area contributed by atoms with Crippen LogP contribution in [-0.4, -0.2) is 39.2 Å². The first kappa shape index (κ1) is 24.4. The molecule has 0 atom stereocenters. The molecule has 0 spiro atoms. The van der Waals surface area contributed by atoms with Crippen LogP contribution in [0, 0.1) is 11.5 Å². The molecule has 4 rings (SSSR count). The summed E-state index contributed by atoms with van der Waals surface area (Å²) in [5, 5.41) is 12.7. The van der Waals surface area contributed by atoms with E-state index in [1.807, 2.05) is 30.5 Å². The fraction of sp³-hybridized carbons (Fsp3) is 0.160. The van der Waals surface area contributed by atoms with Crippen molar-refractivity contribution in [1.82, 2.24) is 19.7 Å². The summed E-state index contributed by atoms with van der Waals surface area (Å²) in [4.78, 5) is 13.6. The van der Waals surface area contributed by atoms with Gasteiger partial charge in [-0.05, 0) is 36.6 Å². The van der Waals surface area contributed by atoms with E-state index in [9.17, 15) is 5.21 Å². The first-order valence-electron chi connectivity index (χ1n) is 10.5. The van der Waals surface area contributed by atoms with Gasteiger partial charge in [0.25, 0.3) is 0 Å². The number of hydrogen-bond donors (Lipinski definition) is 1. The van der Waals surface area contributed by atoms with Crippen molar-refractivity contribution in [2.45, 2.75) is 24.8 Å². The Kier molecular flexibility index (Phi) is 7.06. The van der Waals surface area contributed by atoms with Crippen molar-refractivity contribution < 1.29 is 5.21 Å². The molecule has 0 radical (unpaired) electrons. The average Bonchev–Trinajstić information content (AvgIpc) is 3.14. The van der Waals surface area contributed by atoms with Gasteiger partial charge in [0.1, 0.15) is 19.5 Å². The normalized spacial score (nSPS) is 11.2. The summed E-state index contributed by atoms with van der Waals surface area (Å²) in [7, 11) is -1.54. The predicted octanol–water partition coefficient (Wildman–Crippen LogP) is 7.17. The molecule has 0 saturated heterocycles. The molecule has 34 heavy (non-hydrogen) atoms. The number of benzene rings is 2. The van der Waals surface area contributed by atoms with Crippen LogP contribution >= 0.6 is 35.0 Å². The van der Waals surface area contributed by atoms with Gasteiger partial charge in [-0.25, -0.2) is 15.0 Å². The largest absolute Gasteiger partial charge is 0.426 e. The molecular formula is C25H22Cl2N4OSSi. The molecule has 1 N–H and O–H groups in total. The Labute approximate surface area is 214 Å². The van der Waals surface area contributed by atoms with Crippen molar-refractivity contribution in [3.63, 3.8) is 0 Å². The molecule has 0 unspecified atom stereocenters. The highest BCUT2D eigenvalue weighted by atomic mass is 35.5. The lowest BCUT2D eigenvalue weighted by Crippen LogP contribution is -2.16. The van der Waals surface area contributed by atoms with Crippen LogP contribution in [0.25, 0.3) is 34.0 Å². The summed E-state index contributed by atoms with van der Waals surface area (Å²) in [6.07, 6.45) is 3.55. The van der Waals surface area contributed by atoms with Gasteiger partial charge in [-0.3, -0.25) is 0 Å². The minimum absolute atomic E-state index is 0.225. The maximum absolute atomic E-state index is 11.3. The summed E-state index contributed by atoms with van der Waals surface area (Å²) in [5.74, 6) is 3.51. The molecule has 2 aromatic heterocycles. The molecule has 0 amide bonds. The van der Waals surface area contributed by atoms with Gasteiger partial charge in [0.15, 0.2) is 11.0 Å². The molecule has 5 nitrogen and oxygen atoms in total. The molecule has 0 aliphatic heterocycles. The third-order valence-electron chi connectivity index (χ3n) is 4.82. The van der Waals surface area contributed by atoms with E-state index < -0.39 is 8.07 Å². The van der Waals surface area contributed by atoms with Gasteiger partial charge in [-0.15, -0.1) is 5.54 Å². The zero-order chi connectivity index (χ0) is 24.5. The van der Waals surface area contributed by atoms with Gasteiger partial charge in [0.05, 0.1) is 21.3 Å². The van der Waals surface area contributed by atoms with E-state index in [1.165, 1.54) is 11.8 Å². The van der Waals surface area contributed by atoms with Crippen LogP contribution in [0.2, 0.25) is 29.7 Å². The molecular weight excluding hydrogens is 503 g/mol. The second-order valence-electron chi connectivity index (χ2n) is 8.55. The highest BCUT2D eigenvalue weighted by molar-refractivity contribution is 7.98.